The summed E-state index contributed by atoms with van der Waals surface area (Å²) < 4.78 is 13.3. The van der Waals surface area contributed by atoms with Gasteiger partial charge in [-0.2, -0.15) is 0 Å². The molecule has 2 aliphatic heterocycles. The lowest BCUT2D eigenvalue weighted by Crippen LogP contribution is -2.59. The van der Waals surface area contributed by atoms with Crippen molar-refractivity contribution in [1.29, 1.82) is 0 Å². The summed E-state index contributed by atoms with van der Waals surface area (Å²) in [5.74, 6) is -0.753. The molecule has 2 spiro atoms. The lowest BCUT2D eigenvalue weighted by molar-refractivity contribution is -0.301. The van der Waals surface area contributed by atoms with Crippen molar-refractivity contribution in [3.05, 3.63) is 33.1 Å². The van der Waals surface area contributed by atoms with Crippen LogP contribution < -0.4 is 16.6 Å². The first kappa shape index (κ1) is 15.6. The molecule has 3 fully saturated rings. The Labute approximate surface area is 138 Å². The Hall–Kier alpha value is -1.93. The maximum atomic E-state index is 12.4. The maximum Gasteiger partial charge on any atom is 0.329 e. The monoisotopic (exact) mass is 335 g/mol. The summed E-state index contributed by atoms with van der Waals surface area (Å²) >= 11 is 0. The van der Waals surface area contributed by atoms with Crippen molar-refractivity contribution < 1.29 is 14.3 Å². The van der Waals surface area contributed by atoms with Gasteiger partial charge in [-0.1, -0.05) is 6.42 Å². The minimum atomic E-state index is -0.665. The van der Waals surface area contributed by atoms with E-state index in [9.17, 15) is 14.4 Å². The van der Waals surface area contributed by atoms with E-state index in [0.29, 0.717) is 19.6 Å². The summed E-state index contributed by atoms with van der Waals surface area (Å²) in [6.07, 6.45) is 6.92. The van der Waals surface area contributed by atoms with Crippen LogP contribution in [0.2, 0.25) is 0 Å². The van der Waals surface area contributed by atoms with Crippen LogP contribution in [0.3, 0.4) is 0 Å². The fourth-order valence-electron chi connectivity index (χ4n) is 3.95. The molecule has 0 aromatic carbocycles. The van der Waals surface area contributed by atoms with Gasteiger partial charge in [0.05, 0.1) is 18.8 Å². The predicted molar refractivity (Wildman–Crippen MR) is 83.6 cm³/mol. The zero-order valence-corrected chi connectivity index (χ0v) is 13.4. The number of aromatic amines is 1. The first-order valence-electron chi connectivity index (χ1n) is 8.42. The molecule has 0 radical (unpaired) electrons. The van der Waals surface area contributed by atoms with E-state index in [1.165, 1.54) is 23.3 Å². The van der Waals surface area contributed by atoms with E-state index in [4.69, 9.17) is 9.47 Å². The van der Waals surface area contributed by atoms with Gasteiger partial charge in [0.15, 0.2) is 5.79 Å². The van der Waals surface area contributed by atoms with E-state index in [2.05, 4.69) is 10.3 Å². The highest BCUT2D eigenvalue weighted by molar-refractivity contribution is 5.84. The van der Waals surface area contributed by atoms with Gasteiger partial charge in [-0.3, -0.25) is 19.1 Å². The molecule has 2 saturated heterocycles. The number of nitrogens with zero attached hydrogens (tertiary/aromatic N) is 1. The van der Waals surface area contributed by atoms with Crippen molar-refractivity contribution >= 4 is 5.91 Å². The number of hydrogen-bond donors (Lipinski definition) is 2. The largest absolute Gasteiger partial charge is 0.347 e. The predicted octanol–water partition coefficient (Wildman–Crippen LogP) is 0.0436. The third kappa shape index (κ3) is 2.59. The van der Waals surface area contributed by atoms with E-state index in [0.717, 1.165) is 25.7 Å². The van der Waals surface area contributed by atoms with Crippen molar-refractivity contribution in [2.24, 2.45) is 0 Å². The Morgan fingerprint density at radius 2 is 1.79 bits per heavy atom. The molecule has 24 heavy (non-hydrogen) atoms. The number of hydrogen-bond acceptors (Lipinski definition) is 5. The quantitative estimate of drug-likeness (QED) is 0.755. The molecule has 1 aromatic heterocycles. The van der Waals surface area contributed by atoms with Crippen LogP contribution >= 0.6 is 0 Å². The van der Waals surface area contributed by atoms with Crippen LogP contribution in [0.4, 0.5) is 0 Å². The van der Waals surface area contributed by atoms with Crippen LogP contribution in [0, 0.1) is 0 Å². The molecule has 1 amide bonds. The molecule has 0 bridgehead atoms. The summed E-state index contributed by atoms with van der Waals surface area (Å²) in [4.78, 5) is 37.7. The van der Waals surface area contributed by atoms with Crippen molar-refractivity contribution in [1.82, 2.24) is 14.9 Å². The third-order valence-corrected chi connectivity index (χ3v) is 5.30. The number of rotatable bonds is 1. The number of ether oxygens (including phenoxy) is 2. The second-order valence-electron chi connectivity index (χ2n) is 7.06. The minimum Gasteiger partial charge on any atom is -0.347 e. The van der Waals surface area contributed by atoms with Crippen LogP contribution in [-0.4, -0.2) is 40.0 Å². The average Bonchev–Trinajstić information content (AvgIpc) is 2.89. The van der Waals surface area contributed by atoms with Gasteiger partial charge in [0, 0.05) is 31.5 Å². The Bertz CT molecular complexity index is 751. The van der Waals surface area contributed by atoms with Gasteiger partial charge in [-0.15, -0.1) is 0 Å². The highest BCUT2D eigenvalue weighted by Gasteiger charge is 2.52. The second kappa shape index (κ2) is 5.56. The first-order chi connectivity index (χ1) is 11.5. The lowest BCUT2D eigenvalue weighted by Gasteiger charge is -2.46. The molecule has 1 atom stereocenters. The molecule has 0 unspecified atom stereocenters. The molecule has 1 saturated carbocycles. The van der Waals surface area contributed by atoms with E-state index in [-0.39, 0.29) is 5.91 Å². The Morgan fingerprint density at radius 3 is 2.46 bits per heavy atom. The Morgan fingerprint density at radius 1 is 1.08 bits per heavy atom. The zero-order chi connectivity index (χ0) is 16.8. The first-order valence-corrected chi connectivity index (χ1v) is 8.42. The highest BCUT2D eigenvalue weighted by atomic mass is 16.7. The molecule has 8 nitrogen and oxygen atoms in total. The van der Waals surface area contributed by atoms with Crippen molar-refractivity contribution in [3.8, 4) is 0 Å². The van der Waals surface area contributed by atoms with Crippen molar-refractivity contribution in [3.63, 3.8) is 0 Å². The molecule has 3 heterocycles. The molecule has 1 aliphatic carbocycles. The van der Waals surface area contributed by atoms with E-state index in [1.807, 2.05) is 0 Å². The van der Waals surface area contributed by atoms with Gasteiger partial charge >= 0.3 is 5.69 Å². The smallest absolute Gasteiger partial charge is 0.329 e. The number of carbonyl (C=O) groups is 1. The zero-order valence-electron chi connectivity index (χ0n) is 13.4. The normalized spacial score (nSPS) is 28.2. The lowest BCUT2D eigenvalue weighted by atomic mass is 9.90. The summed E-state index contributed by atoms with van der Waals surface area (Å²) in [7, 11) is 0. The molecule has 8 heteroatoms. The summed E-state index contributed by atoms with van der Waals surface area (Å²) in [5, 5.41) is 2.94. The molecular formula is C16H21N3O5. The fraction of sp³-hybridized carbons (Fsp3) is 0.688. The minimum absolute atomic E-state index is 0.254. The number of aromatic nitrogens is 2. The van der Waals surface area contributed by atoms with Crippen molar-refractivity contribution in [2.75, 3.05) is 13.2 Å². The molecule has 130 valence electrons. The topological polar surface area (TPSA) is 102 Å². The summed E-state index contributed by atoms with van der Waals surface area (Å²) in [6, 6.07) is 0.576. The fourth-order valence-corrected chi connectivity index (χ4v) is 3.95. The van der Waals surface area contributed by atoms with Gasteiger partial charge < -0.3 is 14.8 Å². The highest BCUT2D eigenvalue weighted by Crippen LogP contribution is 2.40. The Kier molecular flexibility index (Phi) is 3.61. The van der Waals surface area contributed by atoms with Crippen LogP contribution in [0.15, 0.2) is 21.9 Å². The van der Waals surface area contributed by atoms with Crippen LogP contribution in [0.25, 0.3) is 0 Å². The van der Waals surface area contributed by atoms with Gasteiger partial charge in [0.2, 0.25) is 5.91 Å². The van der Waals surface area contributed by atoms with Gasteiger partial charge in [0.25, 0.3) is 5.56 Å². The van der Waals surface area contributed by atoms with Crippen LogP contribution in [0.5, 0.6) is 0 Å². The van der Waals surface area contributed by atoms with E-state index < -0.39 is 28.6 Å². The second-order valence-corrected chi connectivity index (χ2v) is 7.06. The molecule has 2 N–H and O–H groups in total. The van der Waals surface area contributed by atoms with Crippen molar-refractivity contribution in [2.45, 2.75) is 55.9 Å². The van der Waals surface area contributed by atoms with Gasteiger partial charge in [-0.25, -0.2) is 4.79 Å². The standard InChI is InChI=1S/C16H21N3O5/c20-12-4-7-19(14(22)17-12)11-8-15(18-13(11)21)9-23-16(24-10-15)5-2-1-3-6-16/h4,7,11H,1-3,5-6,8-10H2,(H,18,21)(H,17,20,22)/t11-/m0/s1. The molecular weight excluding hydrogens is 314 g/mol. The van der Waals surface area contributed by atoms with Crippen LogP contribution in [-0.2, 0) is 14.3 Å². The van der Waals surface area contributed by atoms with E-state index >= 15 is 0 Å². The molecule has 4 rings (SSSR count). The number of carbonyl (C=O) groups excluding carboxylic acids is 1. The summed E-state index contributed by atoms with van der Waals surface area (Å²) in [5.41, 5.74) is -1.67. The van der Waals surface area contributed by atoms with E-state index in [1.54, 1.807) is 0 Å². The number of nitrogens with one attached hydrogen (secondary N) is 2. The van der Waals surface area contributed by atoms with Crippen LogP contribution in [0.1, 0.15) is 44.6 Å². The van der Waals surface area contributed by atoms with Gasteiger partial charge in [0.1, 0.15) is 6.04 Å². The SMILES string of the molecule is O=C1NC2(COC3(CCCCC3)OC2)C[C@@H]1n1ccc(=O)[nH]c1=O. The number of H-pyrrole nitrogens is 1. The molecule has 3 aliphatic rings. The Balaban J connectivity index is 1.52. The third-order valence-electron chi connectivity index (χ3n) is 5.30. The number of amides is 1. The average molecular weight is 335 g/mol. The maximum absolute atomic E-state index is 12.4. The van der Waals surface area contributed by atoms with Gasteiger partial charge in [-0.05, 0) is 12.8 Å². The molecule has 1 aromatic rings. The summed E-state index contributed by atoms with van der Waals surface area (Å²) in [6.45, 7) is 0.765.